The van der Waals surface area contributed by atoms with Gasteiger partial charge in [-0.1, -0.05) is 17.7 Å². The third-order valence-electron chi connectivity index (χ3n) is 5.05. The summed E-state index contributed by atoms with van der Waals surface area (Å²) in [5.74, 6) is 1.98. The summed E-state index contributed by atoms with van der Waals surface area (Å²) >= 11 is 0. The van der Waals surface area contributed by atoms with Crippen molar-refractivity contribution in [1.29, 1.82) is 0 Å². The van der Waals surface area contributed by atoms with Gasteiger partial charge in [-0.3, -0.25) is 4.90 Å². The molecule has 1 N–H and O–H groups in total. The molecule has 2 amide bonds. The Balaban J connectivity index is 1.77. The van der Waals surface area contributed by atoms with Gasteiger partial charge in [0.25, 0.3) is 0 Å². The van der Waals surface area contributed by atoms with Crippen molar-refractivity contribution in [3.63, 3.8) is 0 Å². The van der Waals surface area contributed by atoms with Crippen molar-refractivity contribution < 1.29 is 19.0 Å². The molecule has 2 atom stereocenters. The molecule has 0 saturated carbocycles. The second-order valence-corrected chi connectivity index (χ2v) is 6.90. The molecule has 2 aromatic rings. The van der Waals surface area contributed by atoms with E-state index in [0.717, 1.165) is 16.9 Å². The summed E-state index contributed by atoms with van der Waals surface area (Å²) in [6.07, 6.45) is 0.656. The van der Waals surface area contributed by atoms with Crippen LogP contribution < -0.4 is 24.4 Å². The molecule has 2 aromatic carbocycles. The number of nitrogens with one attached hydrogen (secondary N) is 1. The molecule has 0 spiro atoms. The first-order valence-corrected chi connectivity index (χ1v) is 8.57. The van der Waals surface area contributed by atoms with E-state index in [0.29, 0.717) is 23.6 Å². The number of hydrogen-bond donors (Lipinski definition) is 1. The normalized spacial score (nSPS) is 23.6. The van der Waals surface area contributed by atoms with E-state index in [1.54, 1.807) is 31.3 Å². The molecule has 2 aliphatic rings. The molecular weight excluding hydrogens is 332 g/mol. The lowest BCUT2D eigenvalue weighted by atomic mass is 9.89. The molecule has 26 heavy (non-hydrogen) atoms. The van der Waals surface area contributed by atoms with Crippen molar-refractivity contribution in [1.82, 2.24) is 5.32 Å². The van der Waals surface area contributed by atoms with Gasteiger partial charge in [0, 0.05) is 18.1 Å². The second kappa shape index (κ2) is 5.83. The molecule has 4 rings (SSSR count). The number of urea groups is 1. The quantitative estimate of drug-likeness (QED) is 0.911. The molecule has 1 unspecified atom stereocenters. The van der Waals surface area contributed by atoms with Crippen LogP contribution in [0.25, 0.3) is 0 Å². The summed E-state index contributed by atoms with van der Waals surface area (Å²) in [5.41, 5.74) is 2.08. The molecule has 0 aliphatic carbocycles. The molecule has 0 aromatic heterocycles. The highest BCUT2D eigenvalue weighted by molar-refractivity contribution is 5.95. The first kappa shape index (κ1) is 16.6. The van der Waals surface area contributed by atoms with Crippen LogP contribution in [-0.2, 0) is 0 Å². The van der Waals surface area contributed by atoms with Crippen molar-refractivity contribution >= 4 is 11.7 Å². The average molecular weight is 354 g/mol. The zero-order valence-electron chi connectivity index (χ0n) is 15.3. The minimum Gasteiger partial charge on any atom is -0.493 e. The molecule has 2 heterocycles. The summed E-state index contributed by atoms with van der Waals surface area (Å²) in [6.45, 7) is 3.98. The fourth-order valence-electron chi connectivity index (χ4n) is 3.85. The molecule has 6 nitrogen and oxygen atoms in total. The van der Waals surface area contributed by atoms with Gasteiger partial charge >= 0.3 is 6.03 Å². The van der Waals surface area contributed by atoms with Crippen molar-refractivity contribution in [2.75, 3.05) is 19.1 Å². The second-order valence-electron chi connectivity index (χ2n) is 6.90. The Morgan fingerprint density at radius 3 is 2.65 bits per heavy atom. The molecular formula is C20H22N2O4. The van der Waals surface area contributed by atoms with E-state index in [1.165, 1.54) is 0 Å². The summed E-state index contributed by atoms with van der Waals surface area (Å²) in [4.78, 5) is 14.6. The van der Waals surface area contributed by atoms with Crippen molar-refractivity contribution in [3.05, 3.63) is 47.5 Å². The van der Waals surface area contributed by atoms with E-state index in [-0.39, 0.29) is 12.1 Å². The van der Waals surface area contributed by atoms with Crippen LogP contribution in [0.2, 0.25) is 0 Å². The first-order chi connectivity index (χ1) is 12.4. The van der Waals surface area contributed by atoms with Crippen LogP contribution in [0.5, 0.6) is 17.2 Å². The number of benzene rings is 2. The number of ether oxygens (including phenoxy) is 3. The number of carbonyl (C=O) groups is 1. The number of aryl methyl sites for hydroxylation is 1. The number of hydrogen-bond acceptors (Lipinski definition) is 4. The van der Waals surface area contributed by atoms with Crippen LogP contribution in [0, 0.1) is 6.92 Å². The van der Waals surface area contributed by atoms with Gasteiger partial charge in [-0.2, -0.15) is 0 Å². The largest absolute Gasteiger partial charge is 0.493 e. The fraction of sp³-hybridized carbons (Fsp3) is 0.350. The van der Waals surface area contributed by atoms with Gasteiger partial charge < -0.3 is 19.5 Å². The van der Waals surface area contributed by atoms with Crippen molar-refractivity contribution in [3.8, 4) is 17.2 Å². The smallest absolute Gasteiger partial charge is 0.325 e. The maximum atomic E-state index is 12.9. The Morgan fingerprint density at radius 2 is 1.92 bits per heavy atom. The lowest BCUT2D eigenvalue weighted by Crippen LogP contribution is -2.65. The highest BCUT2D eigenvalue weighted by Crippen LogP contribution is 2.46. The number of fused-ring (bicyclic) bond motifs is 4. The topological polar surface area (TPSA) is 60.0 Å². The maximum absolute atomic E-state index is 12.9. The van der Waals surface area contributed by atoms with Gasteiger partial charge in [-0.15, -0.1) is 0 Å². The number of methoxy groups -OCH3 is 2. The average Bonchev–Trinajstić information content (AvgIpc) is 2.61. The number of nitrogens with zero attached hydrogens (tertiary/aromatic N) is 1. The Labute approximate surface area is 152 Å². The van der Waals surface area contributed by atoms with E-state index < -0.39 is 5.72 Å². The molecule has 6 heteroatoms. The lowest BCUT2D eigenvalue weighted by molar-refractivity contribution is 0.0378. The lowest BCUT2D eigenvalue weighted by Gasteiger charge is -2.50. The Kier molecular flexibility index (Phi) is 3.72. The van der Waals surface area contributed by atoms with Crippen LogP contribution in [0.3, 0.4) is 0 Å². The van der Waals surface area contributed by atoms with E-state index in [4.69, 9.17) is 14.2 Å². The number of anilines is 1. The fourth-order valence-corrected chi connectivity index (χ4v) is 3.85. The predicted molar refractivity (Wildman–Crippen MR) is 98.1 cm³/mol. The van der Waals surface area contributed by atoms with Gasteiger partial charge in [-0.05, 0) is 32.0 Å². The monoisotopic (exact) mass is 354 g/mol. The highest BCUT2D eigenvalue weighted by atomic mass is 16.5. The zero-order chi connectivity index (χ0) is 18.5. The Morgan fingerprint density at radius 1 is 1.15 bits per heavy atom. The zero-order valence-corrected chi connectivity index (χ0v) is 15.3. The minimum atomic E-state index is -0.783. The third kappa shape index (κ3) is 2.44. The van der Waals surface area contributed by atoms with Crippen LogP contribution in [0.15, 0.2) is 36.4 Å². The molecule has 1 saturated heterocycles. The Bertz CT molecular complexity index is 882. The number of amides is 2. The molecule has 2 aliphatic heterocycles. The van der Waals surface area contributed by atoms with Crippen molar-refractivity contribution in [2.24, 2.45) is 0 Å². The van der Waals surface area contributed by atoms with E-state index in [2.05, 4.69) is 11.4 Å². The third-order valence-corrected chi connectivity index (χ3v) is 5.05. The van der Waals surface area contributed by atoms with E-state index >= 15 is 0 Å². The molecule has 1 fully saturated rings. The van der Waals surface area contributed by atoms with E-state index in [9.17, 15) is 4.79 Å². The first-order valence-electron chi connectivity index (χ1n) is 8.57. The van der Waals surface area contributed by atoms with Crippen LogP contribution in [0.1, 0.15) is 30.5 Å². The van der Waals surface area contributed by atoms with Crippen LogP contribution >= 0.6 is 0 Å². The van der Waals surface area contributed by atoms with Gasteiger partial charge in [0.15, 0.2) is 17.2 Å². The minimum absolute atomic E-state index is 0.0625. The molecule has 136 valence electrons. The Hall–Kier alpha value is -2.89. The van der Waals surface area contributed by atoms with Gasteiger partial charge in [0.05, 0.1) is 25.9 Å². The van der Waals surface area contributed by atoms with Crippen LogP contribution in [-0.4, -0.2) is 26.0 Å². The van der Waals surface area contributed by atoms with Crippen molar-refractivity contribution in [2.45, 2.75) is 32.0 Å². The highest BCUT2D eigenvalue weighted by Gasteiger charge is 2.50. The predicted octanol–water partition coefficient (Wildman–Crippen LogP) is 3.78. The SMILES string of the molecule is COc1ccc(N2C(=O)NC3C[C@]2(C)Oc2ccc(C)cc23)cc1OC. The summed E-state index contributed by atoms with van der Waals surface area (Å²) in [6, 6.07) is 11.2. The standard InChI is InChI=1S/C20H22N2O4/c1-12-5-7-16-14(9-12)15-11-20(2,26-16)22(19(23)21-15)13-6-8-17(24-3)18(10-13)25-4/h5-10,15H,11H2,1-4H3,(H,21,23)/t15?,20-/m0/s1. The maximum Gasteiger partial charge on any atom is 0.325 e. The number of rotatable bonds is 3. The molecule has 0 radical (unpaired) electrons. The summed E-state index contributed by atoms with van der Waals surface area (Å²) in [7, 11) is 3.16. The summed E-state index contributed by atoms with van der Waals surface area (Å²) in [5, 5.41) is 3.11. The molecule has 2 bridgehead atoms. The van der Waals surface area contributed by atoms with Crippen LogP contribution in [0.4, 0.5) is 10.5 Å². The van der Waals surface area contributed by atoms with Gasteiger partial charge in [0.1, 0.15) is 5.75 Å². The summed E-state index contributed by atoms with van der Waals surface area (Å²) < 4.78 is 17.0. The van der Waals surface area contributed by atoms with Gasteiger partial charge in [0.2, 0.25) is 0 Å². The van der Waals surface area contributed by atoms with Gasteiger partial charge in [-0.25, -0.2) is 4.79 Å². The van der Waals surface area contributed by atoms with E-state index in [1.807, 2.05) is 32.0 Å². The number of carbonyl (C=O) groups excluding carboxylic acids is 1.